The third kappa shape index (κ3) is 5.11. The second-order valence-electron chi connectivity index (χ2n) is 6.12. The van der Waals surface area contributed by atoms with Crippen molar-refractivity contribution in [2.45, 2.75) is 19.8 Å². The van der Waals surface area contributed by atoms with E-state index < -0.39 is 17.9 Å². The van der Waals surface area contributed by atoms with Gasteiger partial charge in [-0.15, -0.1) is 0 Å². The SMILES string of the molecule is C=C(C)C(=O)OCCOC(=O)C1=C(C)OC(N)=C(C#N)[C@@H]1c1ccc(Cl)c(Cl)c1. The van der Waals surface area contributed by atoms with Crippen LogP contribution in [-0.4, -0.2) is 25.2 Å². The second kappa shape index (κ2) is 9.50. The minimum Gasteiger partial charge on any atom is -0.459 e. The number of nitrogens with two attached hydrogens (primary N) is 1. The molecule has 2 N–H and O–H groups in total. The number of allylic oxidation sites excluding steroid dienone is 2. The van der Waals surface area contributed by atoms with E-state index in [0.717, 1.165) is 0 Å². The number of halogens is 2. The largest absolute Gasteiger partial charge is 0.459 e. The molecule has 7 nitrogen and oxygen atoms in total. The van der Waals surface area contributed by atoms with Crippen LogP contribution < -0.4 is 5.73 Å². The summed E-state index contributed by atoms with van der Waals surface area (Å²) in [5.74, 6) is -2.12. The normalized spacial score (nSPS) is 16.0. The average Bonchev–Trinajstić information content (AvgIpc) is 2.66. The molecule has 2 rings (SSSR count). The Bertz CT molecular complexity index is 976. The first-order valence-corrected chi connectivity index (χ1v) is 9.16. The Kier molecular flexibility index (Phi) is 7.32. The van der Waals surface area contributed by atoms with Crippen LogP contribution in [0.1, 0.15) is 25.3 Å². The van der Waals surface area contributed by atoms with Crippen LogP contribution in [0, 0.1) is 11.3 Å². The zero-order valence-corrected chi connectivity index (χ0v) is 17.3. The van der Waals surface area contributed by atoms with Gasteiger partial charge >= 0.3 is 11.9 Å². The van der Waals surface area contributed by atoms with Gasteiger partial charge in [0.05, 0.1) is 21.5 Å². The highest BCUT2D eigenvalue weighted by atomic mass is 35.5. The van der Waals surface area contributed by atoms with Crippen molar-refractivity contribution in [3.05, 3.63) is 68.7 Å². The molecule has 1 aliphatic rings. The third-order valence-electron chi connectivity index (χ3n) is 4.00. The second-order valence-corrected chi connectivity index (χ2v) is 6.93. The van der Waals surface area contributed by atoms with Crippen molar-refractivity contribution in [1.29, 1.82) is 5.26 Å². The lowest BCUT2D eigenvalue weighted by atomic mass is 9.83. The van der Waals surface area contributed by atoms with Crippen LogP contribution in [0.2, 0.25) is 10.0 Å². The number of ether oxygens (including phenoxy) is 3. The van der Waals surface area contributed by atoms with E-state index >= 15 is 0 Å². The molecule has 1 aliphatic heterocycles. The van der Waals surface area contributed by atoms with Gasteiger partial charge in [0.1, 0.15) is 30.6 Å². The van der Waals surface area contributed by atoms with Gasteiger partial charge in [-0.3, -0.25) is 0 Å². The quantitative estimate of drug-likeness (QED) is 0.410. The standard InChI is InChI=1S/C20H18Cl2N2O5/c1-10(2)19(25)27-6-7-28-20(26)16-11(3)29-18(24)13(9-23)17(16)12-4-5-14(21)15(22)8-12/h4-5,8,17H,1,6-7,24H2,2-3H3/t17-/m0/s1. The highest BCUT2D eigenvalue weighted by Crippen LogP contribution is 2.41. The van der Waals surface area contributed by atoms with Gasteiger partial charge < -0.3 is 19.9 Å². The fourth-order valence-electron chi connectivity index (χ4n) is 2.64. The molecule has 0 unspecified atom stereocenters. The maximum atomic E-state index is 12.7. The van der Waals surface area contributed by atoms with Crippen molar-refractivity contribution in [3.63, 3.8) is 0 Å². The van der Waals surface area contributed by atoms with E-state index in [9.17, 15) is 14.9 Å². The van der Waals surface area contributed by atoms with Gasteiger partial charge in [0, 0.05) is 5.57 Å². The molecular formula is C20H18Cl2N2O5. The lowest BCUT2D eigenvalue weighted by molar-refractivity contribution is -0.147. The molecule has 0 aliphatic carbocycles. The summed E-state index contributed by atoms with van der Waals surface area (Å²) in [6, 6.07) is 6.69. The van der Waals surface area contributed by atoms with Gasteiger partial charge in [0.25, 0.3) is 0 Å². The van der Waals surface area contributed by atoms with Crippen molar-refractivity contribution in [2.24, 2.45) is 5.73 Å². The van der Waals surface area contributed by atoms with E-state index in [1.165, 1.54) is 13.8 Å². The van der Waals surface area contributed by atoms with E-state index in [2.05, 4.69) is 6.58 Å². The fourth-order valence-corrected chi connectivity index (χ4v) is 2.95. The number of hydrogen-bond acceptors (Lipinski definition) is 7. The fraction of sp³-hybridized carbons (Fsp3) is 0.250. The first-order valence-electron chi connectivity index (χ1n) is 8.40. The maximum absolute atomic E-state index is 12.7. The summed E-state index contributed by atoms with van der Waals surface area (Å²) in [6.45, 7) is 6.16. The molecule has 0 fully saturated rings. The Hall–Kier alpha value is -2.95. The van der Waals surface area contributed by atoms with Crippen LogP contribution in [0.15, 0.2) is 53.1 Å². The van der Waals surface area contributed by atoms with Crippen LogP contribution >= 0.6 is 23.2 Å². The number of nitrogens with zero attached hydrogens (tertiary/aromatic N) is 1. The Morgan fingerprint density at radius 2 is 1.93 bits per heavy atom. The summed E-state index contributed by atoms with van der Waals surface area (Å²) in [6.07, 6.45) is 0. The van der Waals surface area contributed by atoms with E-state index in [4.69, 9.17) is 43.1 Å². The van der Waals surface area contributed by atoms with Gasteiger partial charge in [0.15, 0.2) is 0 Å². The summed E-state index contributed by atoms with van der Waals surface area (Å²) in [4.78, 5) is 24.1. The predicted octanol–water partition coefficient (Wildman–Crippen LogP) is 3.74. The number of esters is 2. The Balaban J connectivity index is 2.29. The highest BCUT2D eigenvalue weighted by molar-refractivity contribution is 6.42. The van der Waals surface area contributed by atoms with Crippen LogP contribution in [0.4, 0.5) is 0 Å². The van der Waals surface area contributed by atoms with Crippen LogP contribution in [0.5, 0.6) is 0 Å². The van der Waals surface area contributed by atoms with E-state index in [0.29, 0.717) is 10.6 Å². The van der Waals surface area contributed by atoms with Crippen molar-refractivity contribution < 1.29 is 23.8 Å². The number of hydrogen-bond donors (Lipinski definition) is 1. The van der Waals surface area contributed by atoms with Crippen molar-refractivity contribution in [2.75, 3.05) is 13.2 Å². The minimum atomic E-state index is -0.853. The number of rotatable bonds is 6. The van der Waals surface area contributed by atoms with Gasteiger partial charge in [-0.25, -0.2) is 9.59 Å². The van der Waals surface area contributed by atoms with Gasteiger partial charge in [0.2, 0.25) is 5.88 Å². The Morgan fingerprint density at radius 1 is 1.28 bits per heavy atom. The van der Waals surface area contributed by atoms with Crippen LogP contribution in [0.3, 0.4) is 0 Å². The lowest BCUT2D eigenvalue weighted by Gasteiger charge is -2.27. The molecule has 0 amide bonds. The zero-order chi connectivity index (χ0) is 21.7. The minimum absolute atomic E-state index is 0.0367. The highest BCUT2D eigenvalue weighted by Gasteiger charge is 2.36. The zero-order valence-electron chi connectivity index (χ0n) is 15.8. The molecule has 0 bridgehead atoms. The lowest BCUT2D eigenvalue weighted by Crippen LogP contribution is -2.26. The van der Waals surface area contributed by atoms with Gasteiger partial charge in [-0.1, -0.05) is 35.8 Å². The summed E-state index contributed by atoms with van der Waals surface area (Å²) in [7, 11) is 0. The molecular weight excluding hydrogens is 419 g/mol. The van der Waals surface area contributed by atoms with E-state index in [1.807, 2.05) is 6.07 Å². The summed E-state index contributed by atoms with van der Waals surface area (Å²) in [5, 5.41) is 10.1. The number of nitriles is 1. The molecule has 1 heterocycles. The molecule has 1 atom stereocenters. The molecule has 0 saturated carbocycles. The van der Waals surface area contributed by atoms with Crippen molar-refractivity contribution >= 4 is 35.1 Å². The first kappa shape index (κ1) is 22.3. The van der Waals surface area contributed by atoms with Crippen molar-refractivity contribution in [1.82, 2.24) is 0 Å². The van der Waals surface area contributed by atoms with E-state index in [1.54, 1.807) is 18.2 Å². The van der Waals surface area contributed by atoms with Gasteiger partial charge in [-0.05, 0) is 31.5 Å². The molecule has 9 heteroatoms. The maximum Gasteiger partial charge on any atom is 0.338 e. The molecule has 0 radical (unpaired) electrons. The average molecular weight is 437 g/mol. The molecule has 0 aromatic heterocycles. The smallest absolute Gasteiger partial charge is 0.338 e. The van der Waals surface area contributed by atoms with E-state index in [-0.39, 0.29) is 46.6 Å². The molecule has 1 aromatic carbocycles. The summed E-state index contributed by atoms with van der Waals surface area (Å²) >= 11 is 12.1. The predicted molar refractivity (Wildman–Crippen MR) is 107 cm³/mol. The number of benzene rings is 1. The molecule has 0 spiro atoms. The molecule has 1 aromatic rings. The monoisotopic (exact) mass is 436 g/mol. The molecule has 0 saturated heterocycles. The summed E-state index contributed by atoms with van der Waals surface area (Å²) < 4.78 is 15.5. The first-order chi connectivity index (χ1) is 13.7. The number of carbonyl (C=O) groups excluding carboxylic acids is 2. The topological polar surface area (TPSA) is 112 Å². The summed E-state index contributed by atoms with van der Waals surface area (Å²) in [5.41, 5.74) is 6.71. The van der Waals surface area contributed by atoms with Gasteiger partial charge in [-0.2, -0.15) is 5.26 Å². The molecule has 152 valence electrons. The Morgan fingerprint density at radius 3 is 2.52 bits per heavy atom. The van der Waals surface area contributed by atoms with Crippen LogP contribution in [-0.2, 0) is 23.8 Å². The Labute approximate surface area is 177 Å². The van der Waals surface area contributed by atoms with Crippen molar-refractivity contribution in [3.8, 4) is 6.07 Å². The third-order valence-corrected chi connectivity index (χ3v) is 4.74. The number of carbonyl (C=O) groups is 2. The van der Waals surface area contributed by atoms with Crippen LogP contribution in [0.25, 0.3) is 0 Å². The molecule has 29 heavy (non-hydrogen) atoms.